The van der Waals surface area contributed by atoms with E-state index in [4.69, 9.17) is 18.9 Å². The van der Waals surface area contributed by atoms with Gasteiger partial charge in [-0.3, -0.25) is 4.79 Å². The molecule has 0 saturated carbocycles. The number of aryl methyl sites for hydroxylation is 1. The molecule has 0 aliphatic carbocycles. The van der Waals surface area contributed by atoms with E-state index in [9.17, 15) is 9.59 Å². The first-order valence-electron chi connectivity index (χ1n) is 11.8. The molecule has 0 unspecified atom stereocenters. The molecule has 0 aromatic heterocycles. The van der Waals surface area contributed by atoms with E-state index >= 15 is 0 Å². The van der Waals surface area contributed by atoms with Gasteiger partial charge in [-0.2, -0.15) is 0 Å². The lowest BCUT2D eigenvalue weighted by atomic mass is 10.0. The Kier molecular flexibility index (Phi) is 7.29. The van der Waals surface area contributed by atoms with Crippen molar-refractivity contribution in [2.75, 3.05) is 32.2 Å². The smallest absolute Gasteiger partial charge is 0.351 e. The van der Waals surface area contributed by atoms with Crippen molar-refractivity contribution in [3.8, 4) is 23.0 Å². The number of anilines is 1. The van der Waals surface area contributed by atoms with Crippen LogP contribution in [-0.4, -0.2) is 39.1 Å². The minimum Gasteiger partial charge on any atom is -0.496 e. The predicted octanol–water partition coefficient (Wildman–Crippen LogP) is 5.69. The van der Waals surface area contributed by atoms with Gasteiger partial charge in [-0.1, -0.05) is 18.2 Å². The summed E-state index contributed by atoms with van der Waals surface area (Å²) in [5.74, 6) is 0.639. The fourth-order valence-electron chi connectivity index (χ4n) is 4.27. The van der Waals surface area contributed by atoms with Crippen LogP contribution >= 0.6 is 0 Å². The van der Waals surface area contributed by atoms with Crippen molar-refractivity contribution in [3.05, 3.63) is 82.6 Å². The van der Waals surface area contributed by atoms with Crippen LogP contribution in [0.2, 0.25) is 0 Å². The van der Waals surface area contributed by atoms with Crippen molar-refractivity contribution in [2.45, 2.75) is 20.8 Å². The Balaban J connectivity index is 1.58. The number of esters is 1. The van der Waals surface area contributed by atoms with Crippen LogP contribution in [0.15, 0.2) is 60.4 Å². The highest BCUT2D eigenvalue weighted by molar-refractivity contribution is 6.15. The highest BCUT2D eigenvalue weighted by atomic mass is 16.5. The predicted molar refractivity (Wildman–Crippen MR) is 139 cm³/mol. The third-order valence-corrected chi connectivity index (χ3v) is 6.11. The first-order valence-corrected chi connectivity index (χ1v) is 11.8. The van der Waals surface area contributed by atoms with Gasteiger partial charge in [-0.15, -0.1) is 0 Å². The van der Waals surface area contributed by atoms with Gasteiger partial charge in [0, 0.05) is 24.8 Å². The van der Waals surface area contributed by atoms with E-state index < -0.39 is 5.97 Å². The standard InChI is InChI=1S/C29H29NO6/c1-6-30(7-2)20-13-11-19(12-14-20)16-25-28(31)26-18(3)15-21(17-24(26)36-25)35-29(32)27-22(33-4)9-8-10-23(27)34-5/h8-17H,6-7H2,1-5H3/b25-16-. The molecule has 0 atom stereocenters. The number of allylic oxidation sites excluding steroid dienone is 1. The summed E-state index contributed by atoms with van der Waals surface area (Å²) in [5.41, 5.74) is 3.25. The van der Waals surface area contributed by atoms with E-state index in [0.29, 0.717) is 28.4 Å². The van der Waals surface area contributed by atoms with Crippen molar-refractivity contribution in [2.24, 2.45) is 0 Å². The van der Waals surface area contributed by atoms with Gasteiger partial charge in [-0.05, 0) is 68.3 Å². The summed E-state index contributed by atoms with van der Waals surface area (Å²) in [4.78, 5) is 28.3. The summed E-state index contributed by atoms with van der Waals surface area (Å²) in [6, 6.07) is 16.2. The number of benzene rings is 3. The van der Waals surface area contributed by atoms with Crippen LogP contribution in [-0.2, 0) is 0 Å². The Morgan fingerprint density at radius 1 is 0.972 bits per heavy atom. The lowest BCUT2D eigenvalue weighted by molar-refractivity contribution is 0.0727. The molecule has 1 aliphatic heterocycles. The molecule has 7 nitrogen and oxygen atoms in total. The van der Waals surface area contributed by atoms with Gasteiger partial charge >= 0.3 is 5.97 Å². The minimum absolute atomic E-state index is 0.173. The molecular formula is C29H29NO6. The largest absolute Gasteiger partial charge is 0.496 e. The van der Waals surface area contributed by atoms with Crippen LogP contribution in [0.3, 0.4) is 0 Å². The number of hydrogen-bond donors (Lipinski definition) is 0. The molecular weight excluding hydrogens is 458 g/mol. The van der Waals surface area contributed by atoms with Crippen LogP contribution in [0.4, 0.5) is 5.69 Å². The van der Waals surface area contributed by atoms with Gasteiger partial charge in [0.25, 0.3) is 0 Å². The van der Waals surface area contributed by atoms with E-state index in [1.165, 1.54) is 14.2 Å². The van der Waals surface area contributed by atoms with Crippen LogP contribution in [0.5, 0.6) is 23.0 Å². The summed E-state index contributed by atoms with van der Waals surface area (Å²) < 4.78 is 22.1. The van der Waals surface area contributed by atoms with Gasteiger partial charge in [-0.25, -0.2) is 4.79 Å². The second kappa shape index (κ2) is 10.6. The summed E-state index contributed by atoms with van der Waals surface area (Å²) in [5, 5.41) is 0. The van der Waals surface area contributed by atoms with E-state index in [1.807, 2.05) is 24.3 Å². The molecule has 4 rings (SSSR count). The molecule has 3 aromatic carbocycles. The zero-order valence-electron chi connectivity index (χ0n) is 21.1. The molecule has 1 aliphatic rings. The first-order chi connectivity index (χ1) is 17.4. The third kappa shape index (κ3) is 4.77. The molecule has 0 spiro atoms. The third-order valence-electron chi connectivity index (χ3n) is 6.11. The minimum atomic E-state index is -0.642. The van der Waals surface area contributed by atoms with Crippen molar-refractivity contribution in [3.63, 3.8) is 0 Å². The number of hydrogen-bond acceptors (Lipinski definition) is 7. The van der Waals surface area contributed by atoms with Gasteiger partial charge in [0.2, 0.25) is 5.78 Å². The molecule has 186 valence electrons. The molecule has 1 heterocycles. The molecule has 7 heteroatoms. The maximum atomic E-state index is 13.1. The van der Waals surface area contributed by atoms with Crippen LogP contribution in [0.25, 0.3) is 6.08 Å². The normalized spacial score (nSPS) is 13.2. The monoisotopic (exact) mass is 487 g/mol. The average Bonchev–Trinajstić information content (AvgIpc) is 3.20. The number of Topliss-reactive ketones (excluding diaryl/α,β-unsaturated/α-hetero) is 1. The molecule has 0 radical (unpaired) electrons. The Labute approximate surface area is 210 Å². The number of rotatable bonds is 8. The molecule has 0 bridgehead atoms. The van der Waals surface area contributed by atoms with Crippen molar-refractivity contribution in [1.29, 1.82) is 0 Å². The van der Waals surface area contributed by atoms with Crippen LogP contribution in [0.1, 0.15) is 45.7 Å². The molecule has 0 amide bonds. The molecule has 36 heavy (non-hydrogen) atoms. The van der Waals surface area contributed by atoms with Gasteiger partial charge in [0.1, 0.15) is 28.6 Å². The number of carbonyl (C=O) groups is 2. The number of fused-ring (bicyclic) bond motifs is 1. The Morgan fingerprint density at radius 2 is 1.61 bits per heavy atom. The van der Waals surface area contributed by atoms with Crippen molar-refractivity contribution in [1.82, 2.24) is 0 Å². The van der Waals surface area contributed by atoms with Gasteiger partial charge < -0.3 is 23.8 Å². The number of carbonyl (C=O) groups excluding carboxylic acids is 2. The number of ether oxygens (including phenoxy) is 4. The van der Waals surface area contributed by atoms with E-state index in [-0.39, 0.29) is 22.9 Å². The quantitative estimate of drug-likeness (QED) is 0.229. The highest BCUT2D eigenvalue weighted by Crippen LogP contribution is 2.38. The van der Waals surface area contributed by atoms with Gasteiger partial charge in [0.15, 0.2) is 5.76 Å². The van der Waals surface area contributed by atoms with Gasteiger partial charge in [0.05, 0.1) is 19.8 Å². The summed E-state index contributed by atoms with van der Waals surface area (Å²) in [7, 11) is 2.94. The molecule has 0 fully saturated rings. The summed E-state index contributed by atoms with van der Waals surface area (Å²) in [6.07, 6.45) is 1.72. The fraction of sp³-hybridized carbons (Fsp3) is 0.241. The van der Waals surface area contributed by atoms with E-state index in [2.05, 4.69) is 18.7 Å². The van der Waals surface area contributed by atoms with E-state index in [0.717, 1.165) is 24.3 Å². The second-order valence-electron chi connectivity index (χ2n) is 8.24. The summed E-state index contributed by atoms with van der Waals surface area (Å²) >= 11 is 0. The van der Waals surface area contributed by atoms with Crippen molar-refractivity contribution < 1.29 is 28.5 Å². The van der Waals surface area contributed by atoms with E-state index in [1.54, 1.807) is 43.3 Å². The number of ketones is 1. The van der Waals surface area contributed by atoms with Crippen LogP contribution < -0.4 is 23.8 Å². The number of methoxy groups -OCH3 is 2. The lowest BCUT2D eigenvalue weighted by Crippen LogP contribution is -2.21. The Bertz CT molecular complexity index is 1300. The maximum Gasteiger partial charge on any atom is 0.351 e. The zero-order valence-corrected chi connectivity index (χ0v) is 21.1. The second-order valence-corrected chi connectivity index (χ2v) is 8.24. The average molecular weight is 488 g/mol. The Hall–Kier alpha value is -4.26. The Morgan fingerprint density at radius 3 is 2.19 bits per heavy atom. The first kappa shape index (κ1) is 24.9. The van der Waals surface area contributed by atoms with Crippen LogP contribution in [0, 0.1) is 6.92 Å². The van der Waals surface area contributed by atoms with Crippen molar-refractivity contribution >= 4 is 23.5 Å². The highest BCUT2D eigenvalue weighted by Gasteiger charge is 2.31. The lowest BCUT2D eigenvalue weighted by Gasteiger charge is -2.20. The topological polar surface area (TPSA) is 74.3 Å². The zero-order chi connectivity index (χ0) is 25.8. The summed E-state index contributed by atoms with van der Waals surface area (Å²) in [6.45, 7) is 7.85. The molecule has 3 aromatic rings. The SMILES string of the molecule is CCN(CC)c1ccc(/C=C2\Oc3cc(OC(=O)c4c(OC)cccc4OC)cc(C)c3C2=O)cc1. The number of nitrogens with zero attached hydrogens (tertiary/aromatic N) is 1. The fourth-order valence-corrected chi connectivity index (χ4v) is 4.27. The maximum absolute atomic E-state index is 13.1. The molecule has 0 N–H and O–H groups in total. The molecule has 0 saturated heterocycles.